The molecule has 0 saturated carbocycles. The average molecular weight is 534 g/mol. The van der Waals surface area contributed by atoms with Gasteiger partial charge in [0, 0.05) is 49.3 Å². The molecule has 1 aromatic heterocycles. The summed E-state index contributed by atoms with van der Waals surface area (Å²) < 4.78 is 10.7. The number of amides is 2. The van der Waals surface area contributed by atoms with E-state index in [0.29, 0.717) is 45.0 Å². The van der Waals surface area contributed by atoms with Crippen molar-refractivity contribution in [3.63, 3.8) is 0 Å². The predicted octanol–water partition coefficient (Wildman–Crippen LogP) is 4.29. The Morgan fingerprint density at radius 1 is 1.17 bits per heavy atom. The maximum atomic E-state index is 11.6. The molecule has 0 unspecified atom stereocenters. The Bertz CT molecular complexity index is 1290. The second-order valence-corrected chi connectivity index (χ2v) is 9.11. The fourth-order valence-electron chi connectivity index (χ4n) is 4.29. The number of methoxy groups -OCH3 is 2. The van der Waals surface area contributed by atoms with Crippen molar-refractivity contribution in [1.29, 1.82) is 0 Å². The van der Waals surface area contributed by atoms with Crippen molar-refractivity contribution >= 4 is 52.1 Å². The lowest BCUT2D eigenvalue weighted by Crippen LogP contribution is -2.42. The zero-order chi connectivity index (χ0) is 26.0. The highest BCUT2D eigenvalue weighted by Gasteiger charge is 2.35. The van der Waals surface area contributed by atoms with Crippen LogP contribution in [0.5, 0.6) is 11.5 Å². The Labute approximate surface area is 217 Å². The van der Waals surface area contributed by atoms with E-state index in [9.17, 15) is 14.7 Å². The maximum absolute atomic E-state index is 11.6. The summed E-state index contributed by atoms with van der Waals surface area (Å²) in [6.45, 7) is 1.91. The highest BCUT2D eigenvalue weighted by Crippen LogP contribution is 2.46. The molecule has 0 radical (unpaired) electrons. The molecule has 3 N–H and O–H groups in total. The predicted molar refractivity (Wildman–Crippen MR) is 137 cm³/mol. The topological polar surface area (TPSA) is 126 Å². The normalized spacial score (nSPS) is 17.2. The number of carbonyl (C=O) groups excluding carboxylic acids is 1. The number of ether oxygens (including phenoxy) is 2. The van der Waals surface area contributed by atoms with Gasteiger partial charge in [-0.05, 0) is 24.1 Å². The van der Waals surface area contributed by atoms with Crippen LogP contribution in [-0.4, -0.2) is 71.4 Å². The molecular formula is C24H25Cl2N5O5. The van der Waals surface area contributed by atoms with Gasteiger partial charge in [-0.25, -0.2) is 14.8 Å². The fourth-order valence-corrected chi connectivity index (χ4v) is 5.01. The molecule has 1 aliphatic rings. The Balaban J connectivity index is 1.57. The first-order chi connectivity index (χ1) is 17.2. The number of likely N-dealkylation sites (tertiary alicyclic amines) is 1. The van der Waals surface area contributed by atoms with E-state index in [1.54, 1.807) is 12.3 Å². The first-order valence-corrected chi connectivity index (χ1v) is 11.8. The monoisotopic (exact) mass is 533 g/mol. The standard InChI is InChI=1S/C24H25Cl2N5O5/c1-12(32)27-10-16-7-15(11-31(16)24(33)34)29-23-28-9-14-6-13(4-5-17(14)30-23)20-21(25)18(35-2)8-19(36-3)22(20)26/h4-6,8-9,15-16H,7,10-11H2,1-3H3,(H,27,32)(H,33,34)(H,28,29,30)/t15-,16-/m0/s1. The third-order valence-corrected chi connectivity index (χ3v) is 6.77. The molecule has 2 atom stereocenters. The van der Waals surface area contributed by atoms with Crippen molar-refractivity contribution in [1.82, 2.24) is 20.2 Å². The number of carbonyl (C=O) groups is 2. The van der Waals surface area contributed by atoms with Gasteiger partial charge >= 0.3 is 6.09 Å². The van der Waals surface area contributed by atoms with Gasteiger partial charge in [0.2, 0.25) is 11.9 Å². The second-order valence-electron chi connectivity index (χ2n) is 8.35. The summed E-state index contributed by atoms with van der Waals surface area (Å²) in [5.74, 6) is 1.05. The molecule has 4 rings (SSSR count). The largest absolute Gasteiger partial charge is 0.495 e. The van der Waals surface area contributed by atoms with Crippen LogP contribution in [0.1, 0.15) is 13.3 Å². The Kier molecular flexibility index (Phi) is 7.56. The zero-order valence-corrected chi connectivity index (χ0v) is 21.4. The van der Waals surface area contributed by atoms with E-state index in [1.165, 1.54) is 26.0 Å². The Morgan fingerprint density at radius 2 is 1.86 bits per heavy atom. The van der Waals surface area contributed by atoms with Gasteiger partial charge in [0.25, 0.3) is 0 Å². The number of nitrogens with one attached hydrogen (secondary N) is 2. The summed E-state index contributed by atoms with van der Waals surface area (Å²) in [6.07, 6.45) is 1.15. The van der Waals surface area contributed by atoms with E-state index >= 15 is 0 Å². The average Bonchev–Trinajstić information content (AvgIpc) is 3.26. The van der Waals surface area contributed by atoms with Crippen LogP contribution in [0.2, 0.25) is 10.0 Å². The molecule has 0 spiro atoms. The van der Waals surface area contributed by atoms with Crippen LogP contribution in [0.15, 0.2) is 30.5 Å². The molecule has 1 fully saturated rings. The fraction of sp³-hybridized carbons (Fsp3) is 0.333. The number of halogens is 2. The van der Waals surface area contributed by atoms with Crippen LogP contribution in [0.3, 0.4) is 0 Å². The lowest BCUT2D eigenvalue weighted by Gasteiger charge is -2.20. The number of fused-ring (bicyclic) bond motifs is 1. The highest BCUT2D eigenvalue weighted by atomic mass is 35.5. The van der Waals surface area contributed by atoms with Crippen molar-refractivity contribution in [2.75, 3.05) is 32.6 Å². The number of carboxylic acid groups (broad SMARTS) is 1. The van der Waals surface area contributed by atoms with E-state index in [-0.39, 0.29) is 31.1 Å². The van der Waals surface area contributed by atoms with Gasteiger partial charge in [-0.2, -0.15) is 0 Å². The number of benzene rings is 2. The van der Waals surface area contributed by atoms with Crippen LogP contribution >= 0.6 is 23.2 Å². The van der Waals surface area contributed by atoms with Crippen molar-refractivity contribution in [2.45, 2.75) is 25.4 Å². The molecule has 2 aromatic carbocycles. The quantitative estimate of drug-likeness (QED) is 0.410. The molecule has 1 aliphatic heterocycles. The van der Waals surface area contributed by atoms with Crippen molar-refractivity contribution in [2.24, 2.45) is 0 Å². The third kappa shape index (κ3) is 5.19. The number of nitrogens with zero attached hydrogens (tertiary/aromatic N) is 3. The van der Waals surface area contributed by atoms with Gasteiger partial charge in [0.05, 0.1) is 35.8 Å². The van der Waals surface area contributed by atoms with E-state index in [4.69, 9.17) is 32.7 Å². The molecule has 12 heteroatoms. The minimum Gasteiger partial charge on any atom is -0.495 e. The summed E-state index contributed by atoms with van der Waals surface area (Å²) in [4.78, 5) is 33.2. The SMILES string of the molecule is COc1cc(OC)c(Cl)c(-c2ccc3nc(N[C@H]4C[C@@H](CNC(C)=O)N(C(=O)O)C4)ncc3c2)c1Cl. The lowest BCUT2D eigenvalue weighted by atomic mass is 10.0. The molecule has 2 heterocycles. The molecule has 0 aliphatic carbocycles. The summed E-state index contributed by atoms with van der Waals surface area (Å²) >= 11 is 13.1. The summed E-state index contributed by atoms with van der Waals surface area (Å²) in [5.41, 5.74) is 2.00. The van der Waals surface area contributed by atoms with Gasteiger partial charge in [-0.15, -0.1) is 0 Å². The number of hydrogen-bond donors (Lipinski definition) is 3. The second kappa shape index (κ2) is 10.6. The third-order valence-electron chi connectivity index (χ3n) is 6.02. The molecule has 2 amide bonds. The van der Waals surface area contributed by atoms with Crippen molar-refractivity contribution in [3.05, 3.63) is 40.5 Å². The number of hydrogen-bond acceptors (Lipinski definition) is 7. The summed E-state index contributed by atoms with van der Waals surface area (Å²) in [6, 6.07) is 6.64. The molecule has 1 saturated heterocycles. The minimum absolute atomic E-state index is 0.196. The zero-order valence-electron chi connectivity index (χ0n) is 19.8. The smallest absolute Gasteiger partial charge is 0.407 e. The van der Waals surface area contributed by atoms with Crippen LogP contribution in [0.4, 0.5) is 10.7 Å². The van der Waals surface area contributed by atoms with Crippen LogP contribution in [0.25, 0.3) is 22.0 Å². The van der Waals surface area contributed by atoms with E-state index < -0.39 is 6.09 Å². The Morgan fingerprint density at radius 3 is 2.47 bits per heavy atom. The highest BCUT2D eigenvalue weighted by molar-refractivity contribution is 6.41. The molecule has 0 bridgehead atoms. The van der Waals surface area contributed by atoms with Gasteiger partial charge in [-0.3, -0.25) is 4.79 Å². The first-order valence-electron chi connectivity index (χ1n) is 11.1. The Hall–Kier alpha value is -3.50. The summed E-state index contributed by atoms with van der Waals surface area (Å²) in [5, 5.41) is 16.9. The number of aromatic nitrogens is 2. The number of rotatable bonds is 7. The molecule has 10 nitrogen and oxygen atoms in total. The molecule has 190 valence electrons. The van der Waals surface area contributed by atoms with Gasteiger partial charge in [0.15, 0.2) is 0 Å². The molecular weight excluding hydrogens is 509 g/mol. The van der Waals surface area contributed by atoms with Crippen molar-refractivity contribution in [3.8, 4) is 22.6 Å². The molecule has 36 heavy (non-hydrogen) atoms. The van der Waals surface area contributed by atoms with E-state index in [2.05, 4.69) is 20.6 Å². The first kappa shape index (κ1) is 25.6. The van der Waals surface area contributed by atoms with Gasteiger partial charge < -0.3 is 30.1 Å². The molecule has 3 aromatic rings. The lowest BCUT2D eigenvalue weighted by molar-refractivity contribution is -0.119. The van der Waals surface area contributed by atoms with Crippen LogP contribution in [0, 0.1) is 0 Å². The maximum Gasteiger partial charge on any atom is 0.407 e. The van der Waals surface area contributed by atoms with E-state index in [1.807, 2.05) is 18.2 Å². The van der Waals surface area contributed by atoms with Gasteiger partial charge in [-0.1, -0.05) is 29.3 Å². The van der Waals surface area contributed by atoms with E-state index in [0.717, 1.165) is 10.9 Å². The van der Waals surface area contributed by atoms with Crippen LogP contribution < -0.4 is 20.1 Å². The summed E-state index contributed by atoms with van der Waals surface area (Å²) in [7, 11) is 3.03. The van der Waals surface area contributed by atoms with Gasteiger partial charge in [0.1, 0.15) is 11.5 Å². The number of anilines is 1. The van der Waals surface area contributed by atoms with Crippen molar-refractivity contribution < 1.29 is 24.2 Å². The minimum atomic E-state index is -1.03. The van der Waals surface area contributed by atoms with Crippen LogP contribution in [-0.2, 0) is 4.79 Å².